The number of aromatic hydroxyl groups is 1. The van der Waals surface area contributed by atoms with Gasteiger partial charge >= 0.3 is 0 Å². The largest absolute Gasteiger partial charge is 0.506 e. The molecule has 0 amide bonds. The summed E-state index contributed by atoms with van der Waals surface area (Å²) < 4.78 is 0. The molecule has 3 aromatic heterocycles. The highest BCUT2D eigenvalue weighted by Gasteiger charge is 2.23. The molecule has 4 rings (SSSR count). The zero-order valence-electron chi connectivity index (χ0n) is 17.4. The Labute approximate surface area is 175 Å². The van der Waals surface area contributed by atoms with Crippen LogP contribution in [0.4, 0.5) is 17.2 Å². The Hall–Kier alpha value is -3.33. The van der Waals surface area contributed by atoms with E-state index in [1.165, 1.54) is 0 Å². The molecule has 3 N–H and O–H groups in total. The van der Waals surface area contributed by atoms with Gasteiger partial charge in [0.1, 0.15) is 23.0 Å². The molecule has 1 aliphatic heterocycles. The number of aromatic nitrogens is 5. The van der Waals surface area contributed by atoms with Crippen molar-refractivity contribution in [1.82, 2.24) is 30.5 Å². The number of hydrogen-bond acceptors (Lipinski definition) is 9. The molecule has 0 aromatic carbocycles. The highest BCUT2D eigenvalue weighted by molar-refractivity contribution is 5.68. The summed E-state index contributed by atoms with van der Waals surface area (Å²) in [7, 11) is 0. The Morgan fingerprint density at radius 1 is 1.10 bits per heavy atom. The van der Waals surface area contributed by atoms with Crippen molar-refractivity contribution in [3.8, 4) is 17.1 Å². The number of anilines is 3. The molecule has 1 fully saturated rings. The minimum atomic E-state index is 0.0251. The number of hydrogen-bond donors (Lipinski definition) is 3. The van der Waals surface area contributed by atoms with Gasteiger partial charge in [0.2, 0.25) is 0 Å². The van der Waals surface area contributed by atoms with Crippen LogP contribution in [-0.4, -0.2) is 55.9 Å². The predicted octanol–water partition coefficient (Wildman–Crippen LogP) is 2.52. The number of piperazine rings is 1. The zero-order chi connectivity index (χ0) is 21.1. The summed E-state index contributed by atoms with van der Waals surface area (Å²) in [6, 6.07) is 5.81. The predicted molar refractivity (Wildman–Crippen MR) is 116 cm³/mol. The maximum absolute atomic E-state index is 10.5. The third-order valence-corrected chi connectivity index (χ3v) is 5.16. The van der Waals surface area contributed by atoms with Crippen LogP contribution < -0.4 is 15.5 Å². The lowest BCUT2D eigenvalue weighted by Crippen LogP contribution is -2.53. The molecule has 9 nitrogen and oxygen atoms in total. The monoisotopic (exact) mass is 406 g/mol. The fourth-order valence-corrected chi connectivity index (χ4v) is 3.40. The lowest BCUT2D eigenvalue weighted by Gasteiger charge is -2.36. The Kier molecular flexibility index (Phi) is 5.71. The van der Waals surface area contributed by atoms with Crippen LogP contribution in [0, 0.1) is 12.8 Å². The van der Waals surface area contributed by atoms with E-state index in [4.69, 9.17) is 0 Å². The van der Waals surface area contributed by atoms with Gasteiger partial charge in [0.25, 0.3) is 0 Å². The first-order valence-electron chi connectivity index (χ1n) is 10.1. The Balaban J connectivity index is 1.48. The van der Waals surface area contributed by atoms with Crippen LogP contribution in [0.1, 0.15) is 19.7 Å². The van der Waals surface area contributed by atoms with Gasteiger partial charge < -0.3 is 20.6 Å². The van der Waals surface area contributed by atoms with Gasteiger partial charge in [-0.3, -0.25) is 0 Å². The minimum Gasteiger partial charge on any atom is -0.506 e. The Bertz CT molecular complexity index is 991. The van der Waals surface area contributed by atoms with E-state index in [0.29, 0.717) is 34.9 Å². The average molecular weight is 406 g/mol. The number of nitrogens with zero attached hydrogens (tertiary/aromatic N) is 6. The second kappa shape index (κ2) is 8.58. The van der Waals surface area contributed by atoms with Crippen LogP contribution in [0.25, 0.3) is 11.4 Å². The van der Waals surface area contributed by atoms with Gasteiger partial charge in [-0.2, -0.15) is 0 Å². The second-order valence-electron chi connectivity index (χ2n) is 7.76. The number of pyridine rings is 1. The first kappa shape index (κ1) is 20.0. The summed E-state index contributed by atoms with van der Waals surface area (Å²) >= 11 is 0. The fourth-order valence-electron chi connectivity index (χ4n) is 3.40. The van der Waals surface area contributed by atoms with E-state index < -0.39 is 0 Å². The van der Waals surface area contributed by atoms with Gasteiger partial charge in [-0.15, -0.1) is 10.2 Å². The van der Waals surface area contributed by atoms with E-state index in [9.17, 15) is 5.11 Å². The summed E-state index contributed by atoms with van der Waals surface area (Å²) in [5, 5.41) is 25.8. The molecule has 156 valence electrons. The van der Waals surface area contributed by atoms with E-state index in [1.807, 2.05) is 19.1 Å². The smallest absolute Gasteiger partial charge is 0.151 e. The Morgan fingerprint density at radius 3 is 2.53 bits per heavy atom. The molecule has 1 atom stereocenters. The van der Waals surface area contributed by atoms with Gasteiger partial charge in [-0.1, -0.05) is 13.8 Å². The van der Waals surface area contributed by atoms with E-state index in [1.54, 1.807) is 24.7 Å². The second-order valence-corrected chi connectivity index (χ2v) is 7.76. The molecule has 30 heavy (non-hydrogen) atoms. The van der Waals surface area contributed by atoms with Crippen LogP contribution in [0.5, 0.6) is 5.75 Å². The van der Waals surface area contributed by atoms with E-state index in [2.05, 4.69) is 54.5 Å². The van der Waals surface area contributed by atoms with Crippen LogP contribution in [-0.2, 0) is 0 Å². The van der Waals surface area contributed by atoms with Crippen molar-refractivity contribution in [3.05, 3.63) is 42.6 Å². The molecule has 0 aliphatic carbocycles. The van der Waals surface area contributed by atoms with Crippen molar-refractivity contribution in [2.24, 2.45) is 5.92 Å². The molecule has 3 aromatic rings. The van der Waals surface area contributed by atoms with Crippen LogP contribution in [0.3, 0.4) is 0 Å². The lowest BCUT2D eigenvalue weighted by molar-refractivity contribution is 0.367. The summed E-state index contributed by atoms with van der Waals surface area (Å²) in [5.41, 5.74) is 2.26. The summed E-state index contributed by atoms with van der Waals surface area (Å²) in [6.07, 6.45) is 4.99. The van der Waals surface area contributed by atoms with Gasteiger partial charge in [-0.25, -0.2) is 15.0 Å². The van der Waals surface area contributed by atoms with Crippen molar-refractivity contribution in [3.63, 3.8) is 0 Å². The third-order valence-electron chi connectivity index (χ3n) is 5.16. The van der Waals surface area contributed by atoms with Gasteiger partial charge in [0.15, 0.2) is 5.82 Å². The first-order valence-corrected chi connectivity index (χ1v) is 10.1. The highest BCUT2D eigenvalue weighted by Crippen LogP contribution is 2.29. The number of aryl methyl sites for hydroxylation is 1. The van der Waals surface area contributed by atoms with Crippen LogP contribution in [0.2, 0.25) is 0 Å². The maximum atomic E-state index is 10.5. The fraction of sp³-hybridized carbons (Fsp3) is 0.381. The molecule has 0 bridgehead atoms. The average Bonchev–Trinajstić information content (AvgIpc) is 2.76. The molecular weight excluding hydrogens is 380 g/mol. The van der Waals surface area contributed by atoms with Gasteiger partial charge in [0, 0.05) is 31.7 Å². The molecule has 0 saturated carbocycles. The molecule has 1 aliphatic rings. The van der Waals surface area contributed by atoms with Gasteiger partial charge in [-0.05, 0) is 25.0 Å². The molecule has 9 heteroatoms. The zero-order valence-corrected chi connectivity index (χ0v) is 17.4. The topological polar surface area (TPSA) is 112 Å². The van der Waals surface area contributed by atoms with Gasteiger partial charge in [0.05, 0.1) is 30.0 Å². The Morgan fingerprint density at radius 2 is 1.87 bits per heavy atom. The van der Waals surface area contributed by atoms with E-state index in [0.717, 1.165) is 31.1 Å². The quantitative estimate of drug-likeness (QED) is 0.588. The molecule has 1 saturated heterocycles. The third kappa shape index (κ3) is 4.46. The van der Waals surface area contributed by atoms with Crippen molar-refractivity contribution in [2.45, 2.75) is 26.8 Å². The van der Waals surface area contributed by atoms with E-state index >= 15 is 0 Å². The number of rotatable bonds is 5. The standard InChI is InChI=1S/C21H26N8O/c1-13(2)18-12-29(7-6-22-18)20-5-4-17(27-28-20)21-19(30)8-15(9-25-21)26-16-10-23-14(3)24-11-16/h4-5,8-11,13,18,22,26,30H,6-7,12H2,1-3H3/t18-/m0/s1. The summed E-state index contributed by atoms with van der Waals surface area (Å²) in [6.45, 7) is 8.98. The van der Waals surface area contributed by atoms with Crippen molar-refractivity contribution in [1.29, 1.82) is 0 Å². The van der Waals surface area contributed by atoms with Crippen LogP contribution >= 0.6 is 0 Å². The lowest BCUT2D eigenvalue weighted by atomic mass is 10.0. The molecular formula is C21H26N8O. The molecule has 0 radical (unpaired) electrons. The van der Waals surface area contributed by atoms with E-state index in [-0.39, 0.29) is 5.75 Å². The highest BCUT2D eigenvalue weighted by atomic mass is 16.3. The molecule has 4 heterocycles. The summed E-state index contributed by atoms with van der Waals surface area (Å²) in [4.78, 5) is 14.9. The SMILES string of the molecule is Cc1ncc(Nc2cnc(-c3ccc(N4CCN[C@H](C(C)C)C4)nn3)c(O)c2)cn1. The molecule has 0 spiro atoms. The minimum absolute atomic E-state index is 0.0251. The maximum Gasteiger partial charge on any atom is 0.151 e. The summed E-state index contributed by atoms with van der Waals surface area (Å²) in [5.74, 6) is 2.11. The first-order chi connectivity index (χ1) is 14.5. The van der Waals surface area contributed by atoms with Crippen molar-refractivity contribution >= 4 is 17.2 Å². The van der Waals surface area contributed by atoms with Crippen molar-refractivity contribution < 1.29 is 5.11 Å². The van der Waals surface area contributed by atoms with Crippen molar-refractivity contribution in [2.75, 3.05) is 29.9 Å². The molecule has 0 unspecified atom stereocenters. The number of nitrogens with one attached hydrogen (secondary N) is 2. The van der Waals surface area contributed by atoms with Crippen LogP contribution in [0.15, 0.2) is 36.8 Å². The normalized spacial score (nSPS) is 16.7.